The van der Waals surface area contributed by atoms with Gasteiger partial charge in [0.15, 0.2) is 0 Å². The van der Waals surface area contributed by atoms with Gasteiger partial charge in [0.05, 0.1) is 0 Å². The molecule has 0 unspecified atom stereocenters. The molecule has 1 aliphatic heterocycles. The smallest absolute Gasteiger partial charge is 0.427 e. The maximum absolute atomic E-state index is 9.05. The zero-order chi connectivity index (χ0) is 7.19. The van der Waals surface area contributed by atoms with E-state index in [-0.39, 0.29) is 5.31 Å². The van der Waals surface area contributed by atoms with Crippen molar-refractivity contribution in [1.29, 1.82) is 0 Å². The van der Waals surface area contributed by atoms with Crippen molar-refractivity contribution in [1.82, 2.24) is 5.32 Å². The molecular weight excluding hydrogens is 129 g/mol. The summed E-state index contributed by atoms with van der Waals surface area (Å²) in [4.78, 5) is 0. The van der Waals surface area contributed by atoms with Crippen LogP contribution in [0, 0.1) is 5.92 Å². The van der Waals surface area contributed by atoms with Crippen molar-refractivity contribution in [2.45, 2.75) is 18.2 Å². The van der Waals surface area contributed by atoms with Crippen LogP contribution < -0.4 is 5.32 Å². The van der Waals surface area contributed by atoms with E-state index < -0.39 is 7.12 Å². The lowest BCUT2D eigenvalue weighted by Gasteiger charge is -2.42. The van der Waals surface area contributed by atoms with Crippen molar-refractivity contribution >= 4 is 7.12 Å². The maximum Gasteiger partial charge on any atom is 0.461 e. The Kier molecular flexibility index (Phi) is 1.31. The largest absolute Gasteiger partial charge is 0.461 e. The number of nitrogens with one attached hydrogen (secondary N) is 1. The van der Waals surface area contributed by atoms with Gasteiger partial charge in [-0.25, -0.2) is 0 Å². The second-order valence-corrected chi connectivity index (χ2v) is 3.48. The Labute approximate surface area is 60.6 Å². The Morgan fingerprint density at radius 2 is 1.90 bits per heavy atom. The third-order valence-corrected chi connectivity index (χ3v) is 2.81. The van der Waals surface area contributed by atoms with Crippen LogP contribution >= 0.6 is 0 Å². The molecule has 0 aromatic heterocycles. The maximum atomic E-state index is 9.05. The lowest BCUT2D eigenvalue weighted by atomic mass is 9.51. The molecule has 0 atom stereocenters. The van der Waals surface area contributed by atoms with Gasteiger partial charge in [-0.2, -0.15) is 0 Å². The van der Waals surface area contributed by atoms with Gasteiger partial charge in [0.1, 0.15) is 0 Å². The minimum absolute atomic E-state index is 0.167. The Morgan fingerprint density at radius 3 is 2.00 bits per heavy atom. The second-order valence-electron chi connectivity index (χ2n) is 3.48. The van der Waals surface area contributed by atoms with Crippen LogP contribution in [0.15, 0.2) is 0 Å². The number of rotatable bonds is 2. The molecule has 0 amide bonds. The van der Waals surface area contributed by atoms with E-state index in [4.69, 9.17) is 10.0 Å². The van der Waals surface area contributed by atoms with Crippen molar-refractivity contribution < 1.29 is 10.0 Å². The first kappa shape index (κ1) is 6.64. The fraction of sp³-hybridized carbons (Fsp3) is 1.00. The highest BCUT2D eigenvalue weighted by Crippen LogP contribution is 2.54. The highest BCUT2D eigenvalue weighted by Gasteiger charge is 2.56. The molecule has 3 nitrogen and oxygen atoms in total. The minimum atomic E-state index is -1.11. The molecular formula is C6H12BNO2. The van der Waals surface area contributed by atoms with E-state index in [1.165, 1.54) is 12.8 Å². The Hall–Kier alpha value is -0.0551. The van der Waals surface area contributed by atoms with Gasteiger partial charge >= 0.3 is 7.12 Å². The fourth-order valence-corrected chi connectivity index (χ4v) is 1.75. The first-order chi connectivity index (χ1) is 4.76. The van der Waals surface area contributed by atoms with Crippen LogP contribution in [-0.4, -0.2) is 30.3 Å². The van der Waals surface area contributed by atoms with Gasteiger partial charge in [-0.3, -0.25) is 0 Å². The average molecular weight is 141 g/mol. The van der Waals surface area contributed by atoms with Gasteiger partial charge in [0, 0.05) is 18.4 Å². The van der Waals surface area contributed by atoms with Crippen LogP contribution in [0.25, 0.3) is 0 Å². The van der Waals surface area contributed by atoms with Gasteiger partial charge in [-0.1, -0.05) is 12.8 Å². The molecule has 2 aliphatic rings. The molecule has 2 rings (SSSR count). The summed E-state index contributed by atoms with van der Waals surface area (Å²) in [5, 5.41) is 21.0. The summed E-state index contributed by atoms with van der Waals surface area (Å²) in [5.41, 5.74) is 0. The van der Waals surface area contributed by atoms with Gasteiger partial charge < -0.3 is 15.4 Å². The van der Waals surface area contributed by atoms with E-state index in [0.717, 1.165) is 13.1 Å². The number of hydrogen-bond donors (Lipinski definition) is 3. The van der Waals surface area contributed by atoms with Crippen molar-refractivity contribution in [3.8, 4) is 0 Å². The van der Waals surface area contributed by atoms with E-state index in [9.17, 15) is 0 Å². The number of hydrogen-bond acceptors (Lipinski definition) is 3. The summed E-state index contributed by atoms with van der Waals surface area (Å²) < 4.78 is 0. The first-order valence-electron chi connectivity index (χ1n) is 3.82. The zero-order valence-electron chi connectivity index (χ0n) is 5.88. The lowest BCUT2D eigenvalue weighted by molar-refractivity contribution is 0.239. The Morgan fingerprint density at radius 1 is 1.30 bits per heavy atom. The molecule has 10 heavy (non-hydrogen) atoms. The molecule has 0 radical (unpaired) electrons. The first-order valence-corrected chi connectivity index (χ1v) is 3.82. The van der Waals surface area contributed by atoms with E-state index >= 15 is 0 Å². The minimum Gasteiger partial charge on any atom is -0.427 e. The Balaban J connectivity index is 2.05. The van der Waals surface area contributed by atoms with Gasteiger partial charge in [0.2, 0.25) is 0 Å². The monoisotopic (exact) mass is 141 g/mol. The van der Waals surface area contributed by atoms with E-state index in [1.807, 2.05) is 0 Å². The fourth-order valence-electron chi connectivity index (χ4n) is 1.75. The topological polar surface area (TPSA) is 52.5 Å². The van der Waals surface area contributed by atoms with Crippen molar-refractivity contribution in [2.24, 2.45) is 5.92 Å². The molecule has 1 saturated heterocycles. The van der Waals surface area contributed by atoms with Crippen molar-refractivity contribution in [3.05, 3.63) is 0 Å². The molecule has 56 valence electrons. The molecule has 4 heteroatoms. The highest BCUT2D eigenvalue weighted by atomic mass is 16.4. The van der Waals surface area contributed by atoms with E-state index in [1.54, 1.807) is 0 Å². The molecule has 0 bridgehead atoms. The molecule has 0 aromatic rings. The molecule has 1 aliphatic carbocycles. The Bertz CT molecular complexity index is 139. The van der Waals surface area contributed by atoms with Gasteiger partial charge in [-0.05, 0) is 5.92 Å². The molecule has 1 saturated carbocycles. The second kappa shape index (κ2) is 1.97. The lowest BCUT2D eigenvalue weighted by Crippen LogP contribution is -2.57. The zero-order valence-corrected chi connectivity index (χ0v) is 5.88. The predicted molar refractivity (Wildman–Crippen MR) is 38.5 cm³/mol. The standard InChI is InChI=1S/C6H12BNO2/c9-7(10)6(3-8-4-6)5-1-2-5/h5,8-10H,1-4H2. The SMILES string of the molecule is OB(O)C1(C2CC2)CNC1. The van der Waals surface area contributed by atoms with E-state index in [0.29, 0.717) is 5.92 Å². The normalized spacial score (nSPS) is 29.4. The summed E-state index contributed by atoms with van der Waals surface area (Å²) in [7, 11) is -1.11. The third-order valence-electron chi connectivity index (χ3n) is 2.81. The van der Waals surface area contributed by atoms with Crippen molar-refractivity contribution in [2.75, 3.05) is 13.1 Å². The van der Waals surface area contributed by atoms with Crippen molar-refractivity contribution in [3.63, 3.8) is 0 Å². The summed E-state index contributed by atoms with van der Waals surface area (Å²) in [6.45, 7) is 1.57. The summed E-state index contributed by atoms with van der Waals surface area (Å²) >= 11 is 0. The van der Waals surface area contributed by atoms with E-state index in [2.05, 4.69) is 5.32 Å². The predicted octanol–water partition coefficient (Wildman–Crippen LogP) is -0.787. The summed E-state index contributed by atoms with van der Waals surface area (Å²) in [6, 6.07) is 0. The third kappa shape index (κ3) is 0.728. The van der Waals surface area contributed by atoms with Crippen LogP contribution in [-0.2, 0) is 0 Å². The van der Waals surface area contributed by atoms with Gasteiger partial charge in [0.25, 0.3) is 0 Å². The highest BCUT2D eigenvalue weighted by molar-refractivity contribution is 6.46. The average Bonchev–Trinajstić information content (AvgIpc) is 2.43. The van der Waals surface area contributed by atoms with Crippen LogP contribution in [0.2, 0.25) is 5.31 Å². The molecule has 3 N–H and O–H groups in total. The quantitative estimate of drug-likeness (QED) is 0.442. The van der Waals surface area contributed by atoms with Gasteiger partial charge in [-0.15, -0.1) is 0 Å². The molecule has 2 fully saturated rings. The molecule has 0 aromatic carbocycles. The molecule has 1 heterocycles. The van der Waals surface area contributed by atoms with Crippen LogP contribution in [0.4, 0.5) is 0 Å². The van der Waals surface area contributed by atoms with Crippen LogP contribution in [0.3, 0.4) is 0 Å². The molecule has 0 spiro atoms. The van der Waals surface area contributed by atoms with Crippen LogP contribution in [0.1, 0.15) is 12.8 Å². The summed E-state index contributed by atoms with van der Waals surface area (Å²) in [5.74, 6) is 0.578. The van der Waals surface area contributed by atoms with Crippen LogP contribution in [0.5, 0.6) is 0 Å². The summed E-state index contributed by atoms with van der Waals surface area (Å²) in [6.07, 6.45) is 2.36.